The van der Waals surface area contributed by atoms with Crippen molar-refractivity contribution < 1.29 is 9.53 Å². The van der Waals surface area contributed by atoms with E-state index < -0.39 is 0 Å². The van der Waals surface area contributed by atoms with Crippen molar-refractivity contribution in [2.24, 2.45) is 0 Å². The summed E-state index contributed by atoms with van der Waals surface area (Å²) in [5.41, 5.74) is 0. The molecule has 0 fully saturated rings. The summed E-state index contributed by atoms with van der Waals surface area (Å²) in [6.45, 7) is 4.67. The number of ether oxygens (including phenoxy) is 1. The second kappa shape index (κ2) is 7.56. The quantitative estimate of drug-likeness (QED) is 0.490. The van der Waals surface area contributed by atoms with Crippen LogP contribution in [-0.4, -0.2) is 25.2 Å². The highest BCUT2D eigenvalue weighted by Crippen LogP contribution is 1.91. The first kappa shape index (κ1) is 11.9. The number of esters is 1. The lowest BCUT2D eigenvalue weighted by molar-refractivity contribution is -0.143. The first-order valence-corrected chi connectivity index (χ1v) is 4.49. The zero-order chi connectivity index (χ0) is 10.1. The number of hydrogen-bond donors (Lipinski definition) is 1. The zero-order valence-electron chi connectivity index (χ0n) is 8.17. The van der Waals surface area contributed by atoms with Crippen LogP contribution >= 0.6 is 0 Å². The second-order valence-corrected chi connectivity index (χ2v) is 2.71. The van der Waals surface area contributed by atoms with Gasteiger partial charge in [-0.1, -0.05) is 0 Å². The summed E-state index contributed by atoms with van der Waals surface area (Å²) in [5.74, 6) is -0.172. The van der Waals surface area contributed by atoms with Gasteiger partial charge in [-0.25, -0.2) is 0 Å². The largest absolute Gasteiger partial charge is 0.466 e. The van der Waals surface area contributed by atoms with Gasteiger partial charge in [0.15, 0.2) is 0 Å². The Bertz CT molecular complexity index is 187. The van der Waals surface area contributed by atoms with E-state index in [1.54, 1.807) is 13.8 Å². The zero-order valence-corrected chi connectivity index (χ0v) is 8.17. The predicted octanol–water partition coefficient (Wildman–Crippen LogP) is 0.831. The topological polar surface area (TPSA) is 62.1 Å². The molecular formula is C9H16N2O2. The van der Waals surface area contributed by atoms with E-state index in [2.05, 4.69) is 11.4 Å². The van der Waals surface area contributed by atoms with Gasteiger partial charge < -0.3 is 10.1 Å². The Labute approximate surface area is 78.9 Å². The SMILES string of the molecule is CCOC(=O)CCCNC(C)C#N. The monoisotopic (exact) mass is 184 g/mol. The first-order valence-electron chi connectivity index (χ1n) is 4.49. The van der Waals surface area contributed by atoms with E-state index in [9.17, 15) is 4.79 Å². The van der Waals surface area contributed by atoms with Crippen LogP contribution in [0.3, 0.4) is 0 Å². The maximum Gasteiger partial charge on any atom is 0.305 e. The molecule has 0 aliphatic rings. The lowest BCUT2D eigenvalue weighted by Crippen LogP contribution is -2.25. The molecule has 0 aromatic carbocycles. The molecule has 1 unspecified atom stereocenters. The van der Waals surface area contributed by atoms with Gasteiger partial charge in [-0.15, -0.1) is 0 Å². The van der Waals surface area contributed by atoms with E-state index in [0.29, 0.717) is 26.0 Å². The maximum absolute atomic E-state index is 10.8. The lowest BCUT2D eigenvalue weighted by atomic mass is 10.3. The van der Waals surface area contributed by atoms with Gasteiger partial charge in [-0.05, 0) is 26.8 Å². The molecule has 0 aromatic heterocycles. The number of rotatable bonds is 6. The molecule has 74 valence electrons. The molecule has 1 N–H and O–H groups in total. The minimum atomic E-state index is -0.172. The Balaban J connectivity index is 3.26. The summed E-state index contributed by atoms with van der Waals surface area (Å²) < 4.78 is 4.74. The molecule has 0 bridgehead atoms. The van der Waals surface area contributed by atoms with Gasteiger partial charge in [-0.3, -0.25) is 4.79 Å². The first-order chi connectivity index (χ1) is 6.20. The minimum Gasteiger partial charge on any atom is -0.466 e. The van der Waals surface area contributed by atoms with Crippen LogP contribution in [0.2, 0.25) is 0 Å². The van der Waals surface area contributed by atoms with E-state index in [-0.39, 0.29) is 12.0 Å². The third kappa shape index (κ3) is 7.29. The predicted molar refractivity (Wildman–Crippen MR) is 48.9 cm³/mol. The molecule has 0 rings (SSSR count). The van der Waals surface area contributed by atoms with E-state index in [1.165, 1.54) is 0 Å². The van der Waals surface area contributed by atoms with Gasteiger partial charge in [0, 0.05) is 6.42 Å². The third-order valence-electron chi connectivity index (χ3n) is 1.51. The van der Waals surface area contributed by atoms with Gasteiger partial charge in [-0.2, -0.15) is 5.26 Å². The molecule has 13 heavy (non-hydrogen) atoms. The van der Waals surface area contributed by atoms with E-state index in [1.807, 2.05) is 0 Å². The standard InChI is InChI=1S/C9H16N2O2/c1-3-13-9(12)5-4-6-11-8(2)7-10/h8,11H,3-6H2,1-2H3. The van der Waals surface area contributed by atoms with Gasteiger partial charge in [0.25, 0.3) is 0 Å². The molecule has 0 aliphatic heterocycles. The molecular weight excluding hydrogens is 168 g/mol. The molecule has 4 heteroatoms. The number of nitrogens with one attached hydrogen (secondary N) is 1. The van der Waals surface area contributed by atoms with Crippen LogP contribution in [-0.2, 0) is 9.53 Å². The highest BCUT2D eigenvalue weighted by atomic mass is 16.5. The van der Waals surface area contributed by atoms with Crippen molar-refractivity contribution in [1.82, 2.24) is 5.32 Å². The van der Waals surface area contributed by atoms with Gasteiger partial charge in [0.05, 0.1) is 18.7 Å². The van der Waals surface area contributed by atoms with Crippen LogP contribution in [0.25, 0.3) is 0 Å². The van der Waals surface area contributed by atoms with Crippen LogP contribution in [0.1, 0.15) is 26.7 Å². The molecule has 0 saturated carbocycles. The second-order valence-electron chi connectivity index (χ2n) is 2.71. The molecule has 0 spiro atoms. The van der Waals surface area contributed by atoms with Crippen LogP contribution in [0.4, 0.5) is 0 Å². The van der Waals surface area contributed by atoms with E-state index in [4.69, 9.17) is 10.00 Å². The summed E-state index contributed by atoms with van der Waals surface area (Å²) >= 11 is 0. The number of nitriles is 1. The number of carbonyl (C=O) groups is 1. The maximum atomic E-state index is 10.8. The van der Waals surface area contributed by atoms with E-state index in [0.717, 1.165) is 0 Å². The third-order valence-corrected chi connectivity index (χ3v) is 1.51. The van der Waals surface area contributed by atoms with Crippen LogP contribution in [0.15, 0.2) is 0 Å². The Morgan fingerprint density at radius 3 is 2.92 bits per heavy atom. The fourth-order valence-corrected chi connectivity index (χ4v) is 0.830. The molecule has 4 nitrogen and oxygen atoms in total. The lowest BCUT2D eigenvalue weighted by Gasteiger charge is -2.05. The van der Waals surface area contributed by atoms with Crippen LogP contribution in [0, 0.1) is 11.3 Å². The van der Waals surface area contributed by atoms with Gasteiger partial charge in [0.2, 0.25) is 0 Å². The Kier molecular flexibility index (Phi) is 6.93. The number of carbonyl (C=O) groups excluding carboxylic acids is 1. The summed E-state index contributed by atoms with van der Waals surface area (Å²) in [4.78, 5) is 10.8. The van der Waals surface area contributed by atoms with Crippen LogP contribution in [0.5, 0.6) is 0 Å². The van der Waals surface area contributed by atoms with E-state index >= 15 is 0 Å². The molecule has 0 heterocycles. The summed E-state index contributed by atoms with van der Waals surface area (Å²) in [7, 11) is 0. The van der Waals surface area contributed by atoms with Crippen molar-refractivity contribution >= 4 is 5.97 Å². The molecule has 0 radical (unpaired) electrons. The molecule has 0 aliphatic carbocycles. The average Bonchev–Trinajstić information content (AvgIpc) is 2.12. The highest BCUT2D eigenvalue weighted by Gasteiger charge is 2.01. The summed E-state index contributed by atoms with van der Waals surface area (Å²) in [6.07, 6.45) is 1.13. The molecule has 0 saturated heterocycles. The summed E-state index contributed by atoms with van der Waals surface area (Å²) in [5, 5.41) is 11.4. The highest BCUT2D eigenvalue weighted by molar-refractivity contribution is 5.69. The van der Waals surface area contributed by atoms with Gasteiger partial charge >= 0.3 is 5.97 Å². The smallest absolute Gasteiger partial charge is 0.305 e. The number of hydrogen-bond acceptors (Lipinski definition) is 4. The minimum absolute atomic E-state index is 0.151. The van der Waals surface area contributed by atoms with Crippen molar-refractivity contribution in [3.63, 3.8) is 0 Å². The van der Waals surface area contributed by atoms with Crippen molar-refractivity contribution in [2.45, 2.75) is 32.7 Å². The molecule has 0 amide bonds. The Morgan fingerprint density at radius 1 is 1.69 bits per heavy atom. The normalized spacial score (nSPS) is 11.8. The van der Waals surface area contributed by atoms with Crippen molar-refractivity contribution in [2.75, 3.05) is 13.2 Å². The molecule has 1 atom stereocenters. The summed E-state index contributed by atoms with van der Waals surface area (Å²) in [6, 6.07) is 1.90. The molecule has 0 aromatic rings. The number of nitrogens with zero attached hydrogens (tertiary/aromatic N) is 1. The van der Waals surface area contributed by atoms with Crippen molar-refractivity contribution in [1.29, 1.82) is 5.26 Å². The van der Waals surface area contributed by atoms with Crippen molar-refractivity contribution in [3.05, 3.63) is 0 Å². The van der Waals surface area contributed by atoms with Crippen molar-refractivity contribution in [3.8, 4) is 6.07 Å². The fourth-order valence-electron chi connectivity index (χ4n) is 0.830. The van der Waals surface area contributed by atoms with Gasteiger partial charge in [0.1, 0.15) is 0 Å². The van der Waals surface area contributed by atoms with Crippen LogP contribution < -0.4 is 5.32 Å². The Hall–Kier alpha value is -1.08. The fraction of sp³-hybridized carbons (Fsp3) is 0.778. The average molecular weight is 184 g/mol. The Morgan fingerprint density at radius 2 is 2.38 bits per heavy atom.